The van der Waals surface area contributed by atoms with E-state index in [-0.39, 0.29) is 17.8 Å². The van der Waals surface area contributed by atoms with E-state index in [4.69, 9.17) is 0 Å². The fourth-order valence-corrected chi connectivity index (χ4v) is 3.24. The number of rotatable bonds is 6. The van der Waals surface area contributed by atoms with Crippen LogP contribution in [0.4, 0.5) is 4.39 Å². The lowest BCUT2D eigenvalue weighted by molar-refractivity contribution is -0.122. The molecule has 0 spiro atoms. The first-order valence-electron chi connectivity index (χ1n) is 8.35. The number of nitrogens with one attached hydrogen (secondary N) is 1. The van der Waals surface area contributed by atoms with Crippen LogP contribution < -0.4 is 5.32 Å². The highest BCUT2D eigenvalue weighted by molar-refractivity contribution is 5.78. The van der Waals surface area contributed by atoms with Crippen molar-refractivity contribution in [3.63, 3.8) is 0 Å². The summed E-state index contributed by atoms with van der Waals surface area (Å²) in [6, 6.07) is 6.67. The molecule has 0 saturated carbocycles. The largest absolute Gasteiger partial charge is 0.355 e. The quantitative estimate of drug-likeness (QED) is 0.882. The Morgan fingerprint density at radius 2 is 2.17 bits per heavy atom. The van der Waals surface area contributed by atoms with Crippen LogP contribution in [0.5, 0.6) is 0 Å². The van der Waals surface area contributed by atoms with Gasteiger partial charge in [-0.05, 0) is 43.5 Å². The second kappa shape index (κ2) is 7.57. The van der Waals surface area contributed by atoms with Gasteiger partial charge in [0.05, 0.1) is 12.7 Å². The molecule has 1 aliphatic heterocycles. The number of carbonyl (C=O) groups excluding carboxylic acids is 1. The molecule has 0 radical (unpaired) electrons. The number of nitrogens with zero attached hydrogens (tertiary/aromatic N) is 3. The molecular formula is C18H23FN4O. The molecule has 1 fully saturated rings. The third-order valence-electron chi connectivity index (χ3n) is 4.47. The highest BCUT2D eigenvalue weighted by Crippen LogP contribution is 2.30. The molecule has 2 heterocycles. The van der Waals surface area contributed by atoms with Crippen LogP contribution in [0.15, 0.2) is 36.7 Å². The van der Waals surface area contributed by atoms with Crippen molar-refractivity contribution >= 4 is 5.91 Å². The van der Waals surface area contributed by atoms with Crippen LogP contribution in [0.1, 0.15) is 30.0 Å². The molecule has 128 valence electrons. The lowest BCUT2D eigenvalue weighted by Crippen LogP contribution is -2.37. The predicted octanol–water partition coefficient (Wildman–Crippen LogP) is 2.05. The van der Waals surface area contributed by atoms with E-state index in [0.717, 1.165) is 24.9 Å². The summed E-state index contributed by atoms with van der Waals surface area (Å²) in [7, 11) is 1.91. The van der Waals surface area contributed by atoms with Crippen molar-refractivity contribution < 1.29 is 9.18 Å². The second-order valence-corrected chi connectivity index (χ2v) is 6.30. The van der Waals surface area contributed by atoms with E-state index >= 15 is 0 Å². The van der Waals surface area contributed by atoms with Crippen LogP contribution in [0.3, 0.4) is 0 Å². The molecular weight excluding hydrogens is 307 g/mol. The summed E-state index contributed by atoms with van der Waals surface area (Å²) in [5.74, 6) is -0.203. The zero-order valence-electron chi connectivity index (χ0n) is 13.9. The maximum absolute atomic E-state index is 12.9. The Morgan fingerprint density at radius 3 is 2.88 bits per heavy atom. The lowest BCUT2D eigenvalue weighted by atomic mass is 10.1. The molecule has 24 heavy (non-hydrogen) atoms. The number of amides is 1. The van der Waals surface area contributed by atoms with Crippen molar-refractivity contribution in [2.45, 2.75) is 25.3 Å². The standard InChI is InChI=1S/C18H23FN4O/c1-22-12-15(11-21-22)17-3-2-10-23(17)13-18(24)20-9-8-14-4-6-16(19)7-5-14/h4-7,11-12,17H,2-3,8-10,13H2,1H3,(H,20,24)/t17-/m0/s1. The highest BCUT2D eigenvalue weighted by atomic mass is 19.1. The van der Waals surface area contributed by atoms with Gasteiger partial charge in [-0.2, -0.15) is 5.10 Å². The van der Waals surface area contributed by atoms with Crippen LogP contribution in [0.25, 0.3) is 0 Å². The topological polar surface area (TPSA) is 50.2 Å². The molecule has 1 aromatic carbocycles. The van der Waals surface area contributed by atoms with Gasteiger partial charge in [0.25, 0.3) is 0 Å². The molecule has 2 aromatic rings. The van der Waals surface area contributed by atoms with Gasteiger partial charge in [-0.15, -0.1) is 0 Å². The van der Waals surface area contributed by atoms with Crippen LogP contribution in [0, 0.1) is 5.82 Å². The van der Waals surface area contributed by atoms with Crippen LogP contribution in [-0.2, 0) is 18.3 Å². The van der Waals surface area contributed by atoms with Crippen LogP contribution in [-0.4, -0.2) is 40.2 Å². The van der Waals surface area contributed by atoms with Crippen LogP contribution in [0.2, 0.25) is 0 Å². The minimum absolute atomic E-state index is 0.0351. The first kappa shape index (κ1) is 16.6. The normalized spacial score (nSPS) is 18.0. The Balaban J connectivity index is 1.46. The first-order valence-corrected chi connectivity index (χ1v) is 8.35. The van der Waals surface area contributed by atoms with Gasteiger partial charge in [-0.1, -0.05) is 12.1 Å². The average molecular weight is 330 g/mol. The Hall–Kier alpha value is -2.21. The minimum Gasteiger partial charge on any atom is -0.355 e. The minimum atomic E-state index is -0.238. The predicted molar refractivity (Wildman–Crippen MR) is 89.9 cm³/mol. The molecule has 6 heteroatoms. The summed E-state index contributed by atoms with van der Waals surface area (Å²) < 4.78 is 14.7. The van der Waals surface area contributed by atoms with Gasteiger partial charge in [-0.3, -0.25) is 14.4 Å². The molecule has 1 atom stereocenters. The summed E-state index contributed by atoms with van der Waals surface area (Å²) in [5.41, 5.74) is 2.19. The molecule has 1 amide bonds. The van der Waals surface area contributed by atoms with E-state index in [1.54, 1.807) is 16.8 Å². The molecule has 1 aliphatic rings. The third kappa shape index (κ3) is 4.20. The number of hydrogen-bond donors (Lipinski definition) is 1. The van der Waals surface area contributed by atoms with Gasteiger partial charge in [0.15, 0.2) is 0 Å². The molecule has 1 saturated heterocycles. The smallest absolute Gasteiger partial charge is 0.234 e. The zero-order chi connectivity index (χ0) is 16.9. The summed E-state index contributed by atoms with van der Waals surface area (Å²) in [6.45, 7) is 1.91. The fraction of sp³-hybridized carbons (Fsp3) is 0.444. The molecule has 1 N–H and O–H groups in total. The number of halogens is 1. The Morgan fingerprint density at radius 1 is 1.38 bits per heavy atom. The Labute approximate surface area is 141 Å². The second-order valence-electron chi connectivity index (χ2n) is 6.30. The number of likely N-dealkylation sites (tertiary alicyclic amines) is 1. The van der Waals surface area contributed by atoms with Crippen molar-refractivity contribution in [1.29, 1.82) is 0 Å². The number of aromatic nitrogens is 2. The number of carbonyl (C=O) groups is 1. The van der Waals surface area contributed by atoms with E-state index in [0.29, 0.717) is 19.5 Å². The molecule has 3 rings (SSSR count). The van der Waals surface area contributed by atoms with Gasteiger partial charge in [0.1, 0.15) is 5.82 Å². The van der Waals surface area contributed by atoms with Crippen molar-refractivity contribution in [3.8, 4) is 0 Å². The summed E-state index contributed by atoms with van der Waals surface area (Å²) >= 11 is 0. The van der Waals surface area contributed by atoms with E-state index in [1.807, 2.05) is 19.4 Å². The van der Waals surface area contributed by atoms with Gasteiger partial charge >= 0.3 is 0 Å². The van der Waals surface area contributed by atoms with Crippen molar-refractivity contribution in [2.75, 3.05) is 19.6 Å². The highest BCUT2D eigenvalue weighted by Gasteiger charge is 2.28. The van der Waals surface area contributed by atoms with Gasteiger partial charge < -0.3 is 5.32 Å². The first-order chi connectivity index (χ1) is 11.6. The van der Waals surface area contributed by atoms with Gasteiger partial charge in [0.2, 0.25) is 5.91 Å². The zero-order valence-corrected chi connectivity index (χ0v) is 13.9. The molecule has 0 bridgehead atoms. The van der Waals surface area contributed by atoms with E-state index in [9.17, 15) is 9.18 Å². The van der Waals surface area contributed by atoms with E-state index < -0.39 is 0 Å². The molecule has 1 aromatic heterocycles. The average Bonchev–Trinajstić information content (AvgIpc) is 3.18. The van der Waals surface area contributed by atoms with Gasteiger partial charge in [0, 0.05) is 31.4 Å². The summed E-state index contributed by atoms with van der Waals surface area (Å²) in [6.07, 6.45) is 6.78. The Kier molecular flexibility index (Phi) is 5.25. The Bertz CT molecular complexity index is 683. The third-order valence-corrected chi connectivity index (χ3v) is 4.47. The number of aryl methyl sites for hydroxylation is 1. The number of hydrogen-bond acceptors (Lipinski definition) is 3. The van der Waals surface area contributed by atoms with E-state index in [2.05, 4.69) is 15.3 Å². The SMILES string of the molecule is Cn1cc([C@@H]2CCCN2CC(=O)NCCc2ccc(F)cc2)cn1. The molecule has 0 aliphatic carbocycles. The molecule has 0 unspecified atom stereocenters. The fourth-order valence-electron chi connectivity index (χ4n) is 3.24. The van der Waals surface area contributed by atoms with Crippen LogP contribution >= 0.6 is 0 Å². The van der Waals surface area contributed by atoms with Crippen molar-refractivity contribution in [2.24, 2.45) is 7.05 Å². The molecule has 5 nitrogen and oxygen atoms in total. The maximum atomic E-state index is 12.9. The summed E-state index contributed by atoms with van der Waals surface area (Å²) in [5, 5.41) is 7.18. The van der Waals surface area contributed by atoms with Gasteiger partial charge in [-0.25, -0.2) is 4.39 Å². The summed E-state index contributed by atoms with van der Waals surface area (Å²) in [4.78, 5) is 14.4. The van der Waals surface area contributed by atoms with Crippen molar-refractivity contribution in [1.82, 2.24) is 20.0 Å². The lowest BCUT2D eigenvalue weighted by Gasteiger charge is -2.22. The monoisotopic (exact) mass is 330 g/mol. The maximum Gasteiger partial charge on any atom is 0.234 e. The number of benzene rings is 1. The van der Waals surface area contributed by atoms with E-state index in [1.165, 1.54) is 17.7 Å². The van der Waals surface area contributed by atoms with Crippen molar-refractivity contribution in [3.05, 3.63) is 53.6 Å².